The number of pyridine rings is 3. The number of nitrogens with zero attached hydrogens (tertiary/aromatic N) is 6. The Kier molecular flexibility index (Phi) is 8.03. The Hall–Kier alpha value is -4.48. The Bertz CT molecular complexity index is 2210. The zero-order valence-corrected chi connectivity index (χ0v) is 29.8. The minimum absolute atomic E-state index is 0.00516. The number of aromatic nitrogens is 5. The third kappa shape index (κ3) is 5.65. The standard InChI is InChI=1S/C39H43ClN8O3/c1-21-29-13-10-24-17-31(46(37(24)44-29)15-5-3-4-6-30-27(38(49)42-21)12-14-32(40)43-30)35-36(22-7-8-22)48-33(45-35)18-25(19-34(48)51-2)39(50)47-20-28(41)23-9-11-26(47)16-23/h10,12-14,17-19,21-23,26,28H,3-9,11,15-16,20,41H2,1-2H3,(H,42,49)/t21-,23-,26+,28+/m1/s1. The van der Waals surface area contributed by atoms with Crippen LogP contribution in [0.3, 0.4) is 0 Å². The van der Waals surface area contributed by atoms with Gasteiger partial charge in [-0.25, -0.2) is 15.0 Å². The first kappa shape index (κ1) is 32.4. The summed E-state index contributed by atoms with van der Waals surface area (Å²) in [6.45, 7) is 3.29. The first-order valence-corrected chi connectivity index (χ1v) is 18.8. The van der Waals surface area contributed by atoms with Crippen LogP contribution in [0.25, 0.3) is 28.1 Å². The van der Waals surface area contributed by atoms with Crippen LogP contribution in [0.15, 0.2) is 42.5 Å². The number of hydrogen-bond donors (Lipinski definition) is 2. The molecule has 7 heterocycles. The van der Waals surface area contributed by atoms with E-state index in [-0.39, 0.29) is 29.9 Å². The second-order valence-electron chi connectivity index (χ2n) is 14.9. The maximum absolute atomic E-state index is 14.1. The van der Waals surface area contributed by atoms with Crippen molar-refractivity contribution in [2.75, 3.05) is 13.7 Å². The lowest BCUT2D eigenvalue weighted by molar-refractivity contribution is 0.0603. The largest absolute Gasteiger partial charge is 0.482 e. The lowest BCUT2D eigenvalue weighted by atomic mass is 9.94. The smallest absolute Gasteiger partial charge is 0.254 e. The third-order valence-corrected chi connectivity index (χ3v) is 11.8. The van der Waals surface area contributed by atoms with Gasteiger partial charge >= 0.3 is 0 Å². The Labute approximate surface area is 301 Å². The van der Waals surface area contributed by atoms with Crippen LogP contribution in [0.4, 0.5) is 0 Å². The van der Waals surface area contributed by atoms with E-state index in [1.807, 2.05) is 30.0 Å². The molecule has 264 valence electrons. The number of fused-ring (bicyclic) bond motifs is 5. The second-order valence-corrected chi connectivity index (χ2v) is 15.3. The molecule has 2 amide bonds. The van der Waals surface area contributed by atoms with Gasteiger partial charge < -0.3 is 25.3 Å². The molecular formula is C39H43ClN8O3. The molecule has 4 atom stereocenters. The van der Waals surface area contributed by atoms with Gasteiger partial charge in [0.2, 0.25) is 0 Å². The SMILES string of the molecule is COc1cc(C(=O)N2C[C@H](N)[C@@H]3CC[C@H]2C3)cc2nc(-c3cc4ccc5nc4n3CCCCCc3nc(Cl)ccc3C(=O)N[C@@H]5C)c(C3CC3)n12. The summed E-state index contributed by atoms with van der Waals surface area (Å²) in [5.41, 5.74) is 13.7. The second kappa shape index (κ2) is 12.6. The third-order valence-electron chi connectivity index (χ3n) is 11.6. The summed E-state index contributed by atoms with van der Waals surface area (Å²) in [6.07, 6.45) is 8.60. The first-order valence-electron chi connectivity index (χ1n) is 18.4. The van der Waals surface area contributed by atoms with E-state index < -0.39 is 0 Å². The summed E-state index contributed by atoms with van der Waals surface area (Å²) in [5, 5.41) is 4.54. The summed E-state index contributed by atoms with van der Waals surface area (Å²) < 4.78 is 10.4. The van der Waals surface area contributed by atoms with Crippen molar-refractivity contribution < 1.29 is 14.3 Å². The van der Waals surface area contributed by atoms with Gasteiger partial charge in [0, 0.05) is 48.1 Å². The lowest BCUT2D eigenvalue weighted by Gasteiger charge is -2.37. The number of halogens is 1. The molecule has 5 aromatic heterocycles. The minimum atomic E-state index is -0.331. The average Bonchev–Trinajstić information content (AvgIpc) is 3.59. The molecule has 3 N–H and O–H groups in total. The number of nitrogens with one attached hydrogen (secondary N) is 1. The number of hydrogen-bond acceptors (Lipinski definition) is 7. The van der Waals surface area contributed by atoms with E-state index in [2.05, 4.69) is 31.4 Å². The van der Waals surface area contributed by atoms with Crippen LogP contribution >= 0.6 is 11.6 Å². The van der Waals surface area contributed by atoms with Crippen molar-refractivity contribution >= 4 is 40.1 Å². The van der Waals surface area contributed by atoms with Crippen molar-refractivity contribution in [1.29, 1.82) is 0 Å². The molecule has 51 heavy (non-hydrogen) atoms. The molecule has 11 nitrogen and oxygen atoms in total. The summed E-state index contributed by atoms with van der Waals surface area (Å²) in [7, 11) is 1.66. The van der Waals surface area contributed by atoms with E-state index in [0.717, 1.165) is 97.4 Å². The number of methoxy groups -OCH3 is 1. The van der Waals surface area contributed by atoms with Crippen molar-refractivity contribution in [3.8, 4) is 17.3 Å². The highest BCUT2D eigenvalue weighted by molar-refractivity contribution is 6.29. The van der Waals surface area contributed by atoms with E-state index in [9.17, 15) is 9.59 Å². The molecule has 4 aliphatic rings. The number of imidazole rings is 1. The van der Waals surface area contributed by atoms with Crippen LogP contribution < -0.4 is 15.8 Å². The van der Waals surface area contributed by atoms with Gasteiger partial charge in [-0.2, -0.15) is 0 Å². The molecule has 2 aliphatic heterocycles. The Balaban J connectivity index is 1.14. The number of nitrogens with two attached hydrogens (primary N) is 1. The monoisotopic (exact) mass is 706 g/mol. The molecule has 0 aromatic carbocycles. The van der Waals surface area contributed by atoms with Gasteiger partial charge in [0.15, 0.2) is 5.88 Å². The van der Waals surface area contributed by atoms with Crippen LogP contribution in [0.5, 0.6) is 5.88 Å². The summed E-state index contributed by atoms with van der Waals surface area (Å²) >= 11 is 6.25. The van der Waals surface area contributed by atoms with E-state index >= 15 is 0 Å². The van der Waals surface area contributed by atoms with Crippen molar-refractivity contribution in [1.82, 2.24) is 34.1 Å². The summed E-state index contributed by atoms with van der Waals surface area (Å²) in [4.78, 5) is 44.5. The van der Waals surface area contributed by atoms with Crippen LogP contribution in [-0.2, 0) is 13.0 Å². The van der Waals surface area contributed by atoms with Gasteiger partial charge in [0.1, 0.15) is 22.1 Å². The number of likely N-dealkylation sites (tertiary alicyclic amines) is 1. The minimum Gasteiger partial charge on any atom is -0.482 e. The van der Waals surface area contributed by atoms with E-state index in [0.29, 0.717) is 52.6 Å². The van der Waals surface area contributed by atoms with E-state index in [1.165, 1.54) is 0 Å². The number of piperidine rings is 1. The fourth-order valence-corrected chi connectivity index (χ4v) is 8.89. The molecule has 0 radical (unpaired) electrons. The van der Waals surface area contributed by atoms with Crippen LogP contribution in [0.1, 0.15) is 108 Å². The van der Waals surface area contributed by atoms with Gasteiger partial charge in [-0.05, 0) is 101 Å². The van der Waals surface area contributed by atoms with Gasteiger partial charge in [-0.3, -0.25) is 14.0 Å². The average molecular weight is 707 g/mol. The summed E-state index contributed by atoms with van der Waals surface area (Å²) in [6, 6.07) is 13.4. The van der Waals surface area contributed by atoms with E-state index in [4.69, 9.17) is 32.0 Å². The highest BCUT2D eigenvalue weighted by atomic mass is 35.5. The van der Waals surface area contributed by atoms with Gasteiger partial charge in [-0.15, -0.1) is 0 Å². The van der Waals surface area contributed by atoms with Crippen molar-refractivity contribution in [2.24, 2.45) is 11.7 Å². The fraction of sp³-hybridized carbons (Fsp3) is 0.462. The fourth-order valence-electron chi connectivity index (χ4n) is 8.72. The Morgan fingerprint density at radius 2 is 1.88 bits per heavy atom. The Morgan fingerprint density at radius 3 is 2.71 bits per heavy atom. The molecule has 2 aliphatic carbocycles. The predicted molar refractivity (Wildman–Crippen MR) is 195 cm³/mol. The zero-order valence-electron chi connectivity index (χ0n) is 29.1. The van der Waals surface area contributed by atoms with Gasteiger partial charge in [-0.1, -0.05) is 18.0 Å². The molecule has 5 aromatic rings. The van der Waals surface area contributed by atoms with Crippen molar-refractivity contribution in [3.05, 3.63) is 75.8 Å². The maximum atomic E-state index is 14.1. The predicted octanol–water partition coefficient (Wildman–Crippen LogP) is 6.45. The molecule has 3 fully saturated rings. The van der Waals surface area contributed by atoms with E-state index in [1.54, 1.807) is 19.2 Å². The molecule has 0 spiro atoms. The lowest BCUT2D eigenvalue weighted by Crippen LogP contribution is -2.51. The van der Waals surface area contributed by atoms with Gasteiger partial charge in [0.25, 0.3) is 11.8 Å². The molecule has 9 rings (SSSR count). The molecule has 1 saturated heterocycles. The molecule has 4 bridgehead atoms. The van der Waals surface area contributed by atoms with Gasteiger partial charge in [0.05, 0.1) is 41.5 Å². The maximum Gasteiger partial charge on any atom is 0.254 e. The molecule has 2 saturated carbocycles. The van der Waals surface area contributed by atoms with Crippen LogP contribution in [0.2, 0.25) is 5.15 Å². The Morgan fingerprint density at radius 1 is 1.02 bits per heavy atom. The number of rotatable bonds is 4. The quantitative estimate of drug-likeness (QED) is 0.205. The van der Waals surface area contributed by atoms with Crippen LogP contribution in [-0.4, -0.2) is 66.4 Å². The number of amides is 2. The number of carbonyl (C=O) groups is 2. The highest BCUT2D eigenvalue weighted by Gasteiger charge is 2.41. The number of aryl methyl sites for hydroxylation is 2. The molecule has 0 unspecified atom stereocenters. The normalized spacial score (nSPS) is 23.8. The summed E-state index contributed by atoms with van der Waals surface area (Å²) in [5.74, 6) is 1.27. The molecular weight excluding hydrogens is 664 g/mol. The van der Waals surface area contributed by atoms with Crippen molar-refractivity contribution in [3.63, 3.8) is 0 Å². The van der Waals surface area contributed by atoms with Crippen LogP contribution in [0, 0.1) is 5.92 Å². The number of carbonyl (C=O) groups excluding carboxylic acids is 2. The number of ether oxygens (including phenoxy) is 1. The molecule has 12 heteroatoms. The first-order chi connectivity index (χ1) is 24.8. The zero-order chi connectivity index (χ0) is 35.0. The van der Waals surface area contributed by atoms with Crippen molar-refractivity contribution in [2.45, 2.75) is 95.3 Å². The topological polar surface area (TPSA) is 133 Å². The highest BCUT2D eigenvalue weighted by Crippen LogP contribution is 2.47.